The number of carbonyl (C=O) groups excluding carboxylic acids is 1. The number of carbonyl (C=O) groups is 1. The molecule has 0 aliphatic rings. The van der Waals surface area contributed by atoms with Gasteiger partial charge in [-0.05, 0) is 35.7 Å². The van der Waals surface area contributed by atoms with Gasteiger partial charge < -0.3 is 9.52 Å². The number of hydrogen-bond acceptors (Lipinski definition) is 5. The quantitative estimate of drug-likeness (QED) is 0.229. The minimum absolute atomic E-state index is 0.0939. The maximum Gasteiger partial charge on any atom is 0.345 e. The van der Waals surface area contributed by atoms with Crippen molar-refractivity contribution >= 4 is 54.4 Å². The van der Waals surface area contributed by atoms with E-state index in [0.717, 1.165) is 9.86 Å². The molecule has 5 rings (SSSR count). The summed E-state index contributed by atoms with van der Waals surface area (Å²) in [7, 11) is 0. The summed E-state index contributed by atoms with van der Waals surface area (Å²) in [6, 6.07) is 17.4. The second-order valence-corrected chi connectivity index (χ2v) is 7.58. The summed E-state index contributed by atoms with van der Waals surface area (Å²) in [5.41, 5.74) is 0.653. The highest BCUT2D eigenvalue weighted by atomic mass is 79.9. The molecule has 3 aromatic carbocycles. The maximum absolute atomic E-state index is 13.0. The van der Waals surface area contributed by atoms with Crippen LogP contribution in [0.3, 0.4) is 0 Å². The fourth-order valence-electron chi connectivity index (χ4n) is 3.48. The molecule has 0 amide bonds. The van der Waals surface area contributed by atoms with Gasteiger partial charge in [-0.25, -0.2) is 4.79 Å². The highest BCUT2D eigenvalue weighted by Crippen LogP contribution is 2.31. The van der Waals surface area contributed by atoms with Gasteiger partial charge in [-0.15, -0.1) is 0 Å². The number of aromatic hydroxyl groups is 1. The molecule has 0 aliphatic heterocycles. The average Bonchev–Trinajstić information content (AvgIpc) is 2.73. The number of phenolic OH excluding ortho intramolecular Hbond substituents is 1. The second-order valence-electron chi connectivity index (χ2n) is 6.66. The smallest absolute Gasteiger partial charge is 0.345 e. The molecule has 0 saturated heterocycles. The predicted molar refractivity (Wildman–Crippen MR) is 115 cm³/mol. The lowest BCUT2D eigenvalue weighted by molar-refractivity contribution is 0.103. The standard InChI is InChI=1S/C23H12BrNO4/c24-14-6-8-16-19(10-14)29-23(28)18-9-13(11-25-20(16)18)21(26)17-7-5-12-3-1-2-4-15(12)22(17)27/h1-11,27H. The molecule has 1 N–H and O–H groups in total. The number of aromatic nitrogens is 1. The van der Waals surface area contributed by atoms with Gasteiger partial charge in [-0.3, -0.25) is 9.78 Å². The van der Waals surface area contributed by atoms with Crippen molar-refractivity contribution in [2.24, 2.45) is 0 Å². The normalized spacial score (nSPS) is 11.3. The average molecular weight is 446 g/mol. The molecule has 0 saturated carbocycles. The monoisotopic (exact) mass is 445 g/mol. The summed E-state index contributed by atoms with van der Waals surface area (Å²) in [6.07, 6.45) is 1.42. The second kappa shape index (κ2) is 6.53. The summed E-state index contributed by atoms with van der Waals surface area (Å²) in [5, 5.41) is 12.9. The Hall–Kier alpha value is -3.51. The van der Waals surface area contributed by atoms with E-state index in [1.807, 2.05) is 18.2 Å². The lowest BCUT2D eigenvalue weighted by Gasteiger charge is -2.08. The van der Waals surface area contributed by atoms with Crippen LogP contribution >= 0.6 is 15.9 Å². The summed E-state index contributed by atoms with van der Waals surface area (Å²) >= 11 is 3.35. The molecule has 29 heavy (non-hydrogen) atoms. The van der Waals surface area contributed by atoms with Crippen molar-refractivity contribution in [1.82, 2.24) is 4.98 Å². The first-order valence-electron chi connectivity index (χ1n) is 8.80. The van der Waals surface area contributed by atoms with Crippen LogP contribution in [-0.2, 0) is 0 Å². The first kappa shape index (κ1) is 17.6. The third kappa shape index (κ3) is 2.80. The van der Waals surface area contributed by atoms with Crippen LogP contribution in [0.2, 0.25) is 0 Å². The lowest BCUT2D eigenvalue weighted by atomic mass is 9.98. The number of rotatable bonds is 2. The van der Waals surface area contributed by atoms with E-state index in [1.54, 1.807) is 36.4 Å². The Morgan fingerprint density at radius 1 is 0.966 bits per heavy atom. The van der Waals surface area contributed by atoms with E-state index in [2.05, 4.69) is 20.9 Å². The molecule has 5 nitrogen and oxygen atoms in total. The van der Waals surface area contributed by atoms with Crippen LogP contribution in [0.25, 0.3) is 32.6 Å². The molecule has 0 aliphatic carbocycles. The number of pyridine rings is 1. The zero-order chi connectivity index (χ0) is 20.1. The minimum Gasteiger partial charge on any atom is -0.507 e. The Bertz CT molecular complexity index is 1520. The van der Waals surface area contributed by atoms with Crippen LogP contribution in [0, 0.1) is 0 Å². The number of halogens is 1. The van der Waals surface area contributed by atoms with Gasteiger partial charge in [0.05, 0.1) is 16.5 Å². The highest BCUT2D eigenvalue weighted by Gasteiger charge is 2.18. The molecule has 2 aromatic heterocycles. The van der Waals surface area contributed by atoms with Crippen molar-refractivity contribution in [1.29, 1.82) is 0 Å². The van der Waals surface area contributed by atoms with Crippen molar-refractivity contribution in [3.8, 4) is 5.75 Å². The number of fused-ring (bicyclic) bond motifs is 4. The summed E-state index contributed by atoms with van der Waals surface area (Å²) in [4.78, 5) is 29.9. The number of phenols is 1. The fraction of sp³-hybridized carbons (Fsp3) is 0. The van der Waals surface area contributed by atoms with Crippen LogP contribution in [0.1, 0.15) is 15.9 Å². The Balaban J connectivity index is 1.69. The van der Waals surface area contributed by atoms with E-state index < -0.39 is 11.4 Å². The van der Waals surface area contributed by atoms with Crippen LogP contribution in [0.4, 0.5) is 0 Å². The van der Waals surface area contributed by atoms with Crippen LogP contribution in [-0.4, -0.2) is 15.9 Å². The van der Waals surface area contributed by atoms with Gasteiger partial charge in [0.15, 0.2) is 5.78 Å². The van der Waals surface area contributed by atoms with Gasteiger partial charge in [0.2, 0.25) is 0 Å². The van der Waals surface area contributed by atoms with Crippen molar-refractivity contribution < 1.29 is 14.3 Å². The van der Waals surface area contributed by atoms with E-state index in [0.29, 0.717) is 21.9 Å². The Morgan fingerprint density at radius 2 is 1.79 bits per heavy atom. The fourth-order valence-corrected chi connectivity index (χ4v) is 3.82. The van der Waals surface area contributed by atoms with Crippen molar-refractivity contribution in [3.63, 3.8) is 0 Å². The maximum atomic E-state index is 13.0. The number of hydrogen-bond donors (Lipinski definition) is 1. The molecular weight excluding hydrogens is 434 g/mol. The third-order valence-electron chi connectivity index (χ3n) is 4.92. The number of benzene rings is 3. The molecule has 0 bridgehead atoms. The van der Waals surface area contributed by atoms with Gasteiger partial charge in [0.25, 0.3) is 0 Å². The topological polar surface area (TPSA) is 80.4 Å². The van der Waals surface area contributed by atoms with Gasteiger partial charge in [-0.2, -0.15) is 0 Å². The van der Waals surface area contributed by atoms with Crippen LogP contribution in [0.15, 0.2) is 80.5 Å². The van der Waals surface area contributed by atoms with Crippen molar-refractivity contribution in [2.45, 2.75) is 0 Å². The molecule has 2 heterocycles. The largest absolute Gasteiger partial charge is 0.507 e. The molecule has 0 fully saturated rings. The molecule has 6 heteroatoms. The Kier molecular flexibility index (Phi) is 3.96. The highest BCUT2D eigenvalue weighted by molar-refractivity contribution is 9.10. The van der Waals surface area contributed by atoms with E-state index in [9.17, 15) is 14.7 Å². The van der Waals surface area contributed by atoms with Gasteiger partial charge in [0, 0.05) is 27.0 Å². The molecule has 0 atom stereocenters. The third-order valence-corrected chi connectivity index (χ3v) is 5.41. The van der Waals surface area contributed by atoms with E-state index in [4.69, 9.17) is 4.42 Å². The molecular formula is C23H12BrNO4. The van der Waals surface area contributed by atoms with Crippen LogP contribution < -0.4 is 5.63 Å². The lowest BCUT2D eigenvalue weighted by Crippen LogP contribution is -2.07. The van der Waals surface area contributed by atoms with E-state index >= 15 is 0 Å². The molecule has 5 aromatic rings. The van der Waals surface area contributed by atoms with Crippen molar-refractivity contribution in [3.05, 3.63) is 92.9 Å². The Labute approximate surface area is 172 Å². The molecule has 0 unspecified atom stereocenters. The first-order chi connectivity index (χ1) is 14.0. The van der Waals surface area contributed by atoms with Gasteiger partial charge in [0.1, 0.15) is 11.3 Å². The van der Waals surface area contributed by atoms with Crippen LogP contribution in [0.5, 0.6) is 5.75 Å². The first-order valence-corrected chi connectivity index (χ1v) is 9.60. The molecule has 140 valence electrons. The number of nitrogens with zero attached hydrogens (tertiary/aromatic N) is 1. The van der Waals surface area contributed by atoms with Gasteiger partial charge in [-0.1, -0.05) is 46.3 Å². The Morgan fingerprint density at radius 3 is 2.66 bits per heavy atom. The summed E-state index contributed by atoms with van der Waals surface area (Å²) in [5.74, 6) is -0.512. The SMILES string of the molecule is O=C(c1cnc2c(c1)c(=O)oc1cc(Br)ccc12)c1ccc2ccccc2c1O. The minimum atomic E-state index is -0.574. The molecule has 0 spiro atoms. The summed E-state index contributed by atoms with van der Waals surface area (Å²) < 4.78 is 6.17. The van der Waals surface area contributed by atoms with Crippen molar-refractivity contribution in [2.75, 3.05) is 0 Å². The van der Waals surface area contributed by atoms with E-state index in [-0.39, 0.29) is 22.3 Å². The predicted octanol–water partition coefficient (Wildman–Crippen LogP) is 5.19. The summed E-state index contributed by atoms with van der Waals surface area (Å²) in [6.45, 7) is 0. The molecule has 0 radical (unpaired) electrons. The zero-order valence-electron chi connectivity index (χ0n) is 14.8. The zero-order valence-corrected chi connectivity index (χ0v) is 16.4. The van der Waals surface area contributed by atoms with E-state index in [1.165, 1.54) is 12.3 Å². The number of ketones is 1. The van der Waals surface area contributed by atoms with Gasteiger partial charge >= 0.3 is 5.63 Å².